The van der Waals surface area contributed by atoms with E-state index in [9.17, 15) is 9.90 Å². The zero-order valence-electron chi connectivity index (χ0n) is 15.4. The molecule has 0 radical (unpaired) electrons. The highest BCUT2D eigenvalue weighted by Crippen LogP contribution is 2.24. The molecule has 6 nitrogen and oxygen atoms in total. The number of nitrogens with zero attached hydrogens (tertiary/aromatic N) is 3. The summed E-state index contributed by atoms with van der Waals surface area (Å²) in [5.74, 6) is 1.03. The van der Waals surface area contributed by atoms with Crippen molar-refractivity contribution in [3.63, 3.8) is 0 Å². The first kappa shape index (κ1) is 18.3. The number of carbonyl (C=O) groups excluding carboxylic acids is 1. The van der Waals surface area contributed by atoms with E-state index < -0.39 is 0 Å². The van der Waals surface area contributed by atoms with Crippen LogP contribution in [0.15, 0.2) is 36.5 Å². The molecule has 26 heavy (non-hydrogen) atoms. The Morgan fingerprint density at radius 2 is 2.12 bits per heavy atom. The molecule has 2 N–H and O–H groups in total. The van der Waals surface area contributed by atoms with E-state index in [0.29, 0.717) is 5.92 Å². The number of aromatic nitrogens is 2. The van der Waals surface area contributed by atoms with Crippen LogP contribution in [0.1, 0.15) is 25.8 Å². The van der Waals surface area contributed by atoms with Crippen LogP contribution in [0, 0.1) is 5.92 Å². The summed E-state index contributed by atoms with van der Waals surface area (Å²) in [5, 5.41) is 12.2. The Balaban J connectivity index is 1.69. The molecule has 2 unspecified atom stereocenters. The maximum Gasteiger partial charge on any atom is 0.225 e. The molecule has 0 bridgehead atoms. The molecule has 1 aliphatic rings. The second kappa shape index (κ2) is 8.27. The minimum absolute atomic E-state index is 0.00650. The van der Waals surface area contributed by atoms with Crippen LogP contribution in [0.3, 0.4) is 0 Å². The normalized spacial score (nSPS) is 18.0. The second-order valence-corrected chi connectivity index (χ2v) is 7.03. The first-order valence-corrected chi connectivity index (χ1v) is 9.10. The minimum atomic E-state index is -0.00650. The number of hydrogen-bond donors (Lipinski definition) is 2. The number of benzene rings is 1. The Kier molecular flexibility index (Phi) is 5.83. The van der Waals surface area contributed by atoms with Gasteiger partial charge < -0.3 is 15.3 Å². The minimum Gasteiger partial charge on any atom is -0.396 e. The molecule has 0 spiro atoms. The number of hydrogen-bond acceptors (Lipinski definition) is 5. The topological polar surface area (TPSA) is 78.4 Å². The molecule has 1 aromatic heterocycles. The summed E-state index contributed by atoms with van der Waals surface area (Å²) in [7, 11) is 0. The van der Waals surface area contributed by atoms with Crippen molar-refractivity contribution in [1.82, 2.24) is 15.3 Å². The quantitative estimate of drug-likeness (QED) is 0.830. The SMILES string of the molecule is CC(=O)NC(C)Cc1ccc(-c2ccnc(N3CCC(CO)C3)n2)cc1. The highest BCUT2D eigenvalue weighted by molar-refractivity contribution is 5.73. The fourth-order valence-corrected chi connectivity index (χ4v) is 3.39. The zero-order chi connectivity index (χ0) is 18.5. The molecule has 1 aliphatic heterocycles. The van der Waals surface area contributed by atoms with E-state index >= 15 is 0 Å². The summed E-state index contributed by atoms with van der Waals surface area (Å²) >= 11 is 0. The predicted octanol–water partition coefficient (Wildman–Crippen LogP) is 2.03. The lowest BCUT2D eigenvalue weighted by Crippen LogP contribution is -2.31. The van der Waals surface area contributed by atoms with E-state index in [1.54, 1.807) is 6.20 Å². The maximum atomic E-state index is 11.1. The van der Waals surface area contributed by atoms with E-state index in [0.717, 1.165) is 43.1 Å². The summed E-state index contributed by atoms with van der Waals surface area (Å²) in [5.41, 5.74) is 3.11. The van der Waals surface area contributed by atoms with Crippen LogP contribution in [0.2, 0.25) is 0 Å². The van der Waals surface area contributed by atoms with E-state index in [2.05, 4.69) is 39.5 Å². The highest BCUT2D eigenvalue weighted by atomic mass is 16.3. The number of nitrogens with one attached hydrogen (secondary N) is 1. The standard InChI is InChI=1S/C20H26N4O2/c1-14(22-15(2)26)11-16-3-5-18(6-4-16)19-7-9-21-20(23-19)24-10-8-17(12-24)13-25/h3-7,9,14,17,25H,8,10-13H2,1-2H3,(H,22,26). The summed E-state index contributed by atoms with van der Waals surface area (Å²) in [4.78, 5) is 22.3. The zero-order valence-corrected chi connectivity index (χ0v) is 15.4. The fraction of sp³-hybridized carbons (Fsp3) is 0.450. The molecule has 138 valence electrons. The van der Waals surface area contributed by atoms with E-state index in [-0.39, 0.29) is 18.6 Å². The van der Waals surface area contributed by atoms with Gasteiger partial charge in [-0.25, -0.2) is 9.97 Å². The smallest absolute Gasteiger partial charge is 0.225 e. The van der Waals surface area contributed by atoms with Gasteiger partial charge in [0, 0.05) is 50.3 Å². The second-order valence-electron chi connectivity index (χ2n) is 7.03. The van der Waals surface area contributed by atoms with Gasteiger partial charge in [0.2, 0.25) is 11.9 Å². The van der Waals surface area contributed by atoms with Crippen molar-refractivity contribution in [2.45, 2.75) is 32.7 Å². The van der Waals surface area contributed by atoms with Gasteiger partial charge in [-0.1, -0.05) is 24.3 Å². The summed E-state index contributed by atoms with van der Waals surface area (Å²) in [6.45, 7) is 5.44. The van der Waals surface area contributed by atoms with Gasteiger partial charge in [0.25, 0.3) is 0 Å². The molecule has 1 fully saturated rings. The van der Waals surface area contributed by atoms with Gasteiger partial charge in [-0.15, -0.1) is 0 Å². The largest absolute Gasteiger partial charge is 0.396 e. The number of aliphatic hydroxyl groups excluding tert-OH is 1. The van der Waals surface area contributed by atoms with Gasteiger partial charge in [-0.2, -0.15) is 0 Å². The van der Waals surface area contributed by atoms with Crippen LogP contribution < -0.4 is 10.2 Å². The average Bonchev–Trinajstić information content (AvgIpc) is 3.11. The maximum absolute atomic E-state index is 11.1. The Bertz CT molecular complexity index is 748. The first-order valence-electron chi connectivity index (χ1n) is 9.10. The van der Waals surface area contributed by atoms with Gasteiger partial charge in [0.05, 0.1) is 5.69 Å². The lowest BCUT2D eigenvalue weighted by molar-refractivity contribution is -0.119. The van der Waals surface area contributed by atoms with Gasteiger partial charge in [-0.05, 0) is 31.4 Å². The summed E-state index contributed by atoms with van der Waals surface area (Å²) in [6, 6.07) is 10.3. The number of aliphatic hydroxyl groups is 1. The highest BCUT2D eigenvalue weighted by Gasteiger charge is 2.23. The summed E-state index contributed by atoms with van der Waals surface area (Å²) in [6.07, 6.45) is 3.56. The van der Waals surface area contributed by atoms with Gasteiger partial charge in [-0.3, -0.25) is 4.79 Å². The molecule has 1 saturated heterocycles. The molecular formula is C20H26N4O2. The van der Waals surface area contributed by atoms with Crippen molar-refractivity contribution in [2.75, 3.05) is 24.6 Å². The van der Waals surface area contributed by atoms with Crippen molar-refractivity contribution in [3.8, 4) is 11.3 Å². The molecule has 2 heterocycles. The average molecular weight is 354 g/mol. The lowest BCUT2D eigenvalue weighted by atomic mass is 10.0. The van der Waals surface area contributed by atoms with Gasteiger partial charge in [0.1, 0.15) is 0 Å². The third kappa shape index (κ3) is 4.58. The van der Waals surface area contributed by atoms with E-state index in [1.165, 1.54) is 12.5 Å². The lowest BCUT2D eigenvalue weighted by Gasteiger charge is -2.16. The third-order valence-corrected chi connectivity index (χ3v) is 4.71. The van der Waals surface area contributed by atoms with Crippen molar-refractivity contribution >= 4 is 11.9 Å². The van der Waals surface area contributed by atoms with Crippen LogP contribution in [0.25, 0.3) is 11.3 Å². The van der Waals surface area contributed by atoms with Crippen LogP contribution in [0.4, 0.5) is 5.95 Å². The number of anilines is 1. The number of amides is 1. The molecule has 1 aromatic carbocycles. The molecule has 1 amide bonds. The number of carbonyl (C=O) groups is 1. The van der Waals surface area contributed by atoms with Crippen LogP contribution in [-0.4, -0.2) is 46.7 Å². The van der Waals surface area contributed by atoms with Crippen molar-refractivity contribution < 1.29 is 9.90 Å². The molecule has 6 heteroatoms. The molecule has 0 aliphatic carbocycles. The van der Waals surface area contributed by atoms with E-state index in [1.807, 2.05) is 13.0 Å². The Morgan fingerprint density at radius 3 is 2.77 bits per heavy atom. The van der Waals surface area contributed by atoms with Crippen LogP contribution >= 0.6 is 0 Å². The third-order valence-electron chi connectivity index (χ3n) is 4.71. The molecule has 2 atom stereocenters. The van der Waals surface area contributed by atoms with Crippen molar-refractivity contribution in [3.05, 3.63) is 42.1 Å². The van der Waals surface area contributed by atoms with Gasteiger partial charge in [0.15, 0.2) is 0 Å². The number of rotatable bonds is 6. The van der Waals surface area contributed by atoms with Crippen molar-refractivity contribution in [2.24, 2.45) is 5.92 Å². The van der Waals surface area contributed by atoms with Crippen LogP contribution in [-0.2, 0) is 11.2 Å². The van der Waals surface area contributed by atoms with Crippen LogP contribution in [0.5, 0.6) is 0 Å². The monoisotopic (exact) mass is 354 g/mol. The fourth-order valence-electron chi connectivity index (χ4n) is 3.39. The molecule has 2 aromatic rings. The molecule has 3 rings (SSSR count). The Labute approximate surface area is 154 Å². The first-order chi connectivity index (χ1) is 12.5. The Morgan fingerprint density at radius 1 is 1.35 bits per heavy atom. The summed E-state index contributed by atoms with van der Waals surface area (Å²) < 4.78 is 0. The molecular weight excluding hydrogens is 328 g/mol. The molecule has 0 saturated carbocycles. The van der Waals surface area contributed by atoms with E-state index in [4.69, 9.17) is 4.98 Å². The van der Waals surface area contributed by atoms with Gasteiger partial charge >= 0.3 is 0 Å². The predicted molar refractivity (Wildman–Crippen MR) is 102 cm³/mol. The van der Waals surface area contributed by atoms with Crippen molar-refractivity contribution in [1.29, 1.82) is 0 Å². The Hall–Kier alpha value is -2.47.